The van der Waals surface area contributed by atoms with Gasteiger partial charge < -0.3 is 0 Å². The van der Waals surface area contributed by atoms with Gasteiger partial charge in [0.2, 0.25) is 0 Å². The zero-order valence-corrected chi connectivity index (χ0v) is 12.0. The number of aromatic nitrogens is 2. The average Bonchev–Trinajstić information content (AvgIpc) is 3.16. The molecule has 0 radical (unpaired) electrons. The highest BCUT2D eigenvalue weighted by Crippen LogP contribution is 2.29. The first-order valence-electron chi connectivity index (χ1n) is 5.89. The highest BCUT2D eigenvalue weighted by Gasteiger charge is 2.04. The fraction of sp³-hybridized carbons (Fsp3) is 0. The van der Waals surface area contributed by atoms with Crippen LogP contribution in [0.15, 0.2) is 42.2 Å². The zero-order chi connectivity index (χ0) is 13.8. The van der Waals surface area contributed by atoms with Crippen LogP contribution in [0.1, 0.15) is 16.0 Å². The van der Waals surface area contributed by atoms with E-state index in [1.807, 2.05) is 35.9 Å². The van der Waals surface area contributed by atoms with Crippen molar-refractivity contribution in [2.24, 2.45) is 0 Å². The van der Waals surface area contributed by atoms with E-state index in [4.69, 9.17) is 5.26 Å². The molecule has 0 aliphatic heterocycles. The van der Waals surface area contributed by atoms with E-state index in [9.17, 15) is 0 Å². The van der Waals surface area contributed by atoms with E-state index in [0.29, 0.717) is 5.56 Å². The van der Waals surface area contributed by atoms with E-state index in [1.54, 1.807) is 35.1 Å². The van der Waals surface area contributed by atoms with Crippen molar-refractivity contribution in [1.29, 1.82) is 5.26 Å². The second kappa shape index (κ2) is 5.78. The Morgan fingerprint density at radius 3 is 2.95 bits per heavy atom. The molecule has 0 fully saturated rings. The Labute approximate surface area is 124 Å². The van der Waals surface area contributed by atoms with E-state index < -0.39 is 0 Å². The standard InChI is InChI=1S/C15H9N3S2/c16-8-12-9-17-6-5-11(12)3-4-13-10-18-15(20-13)14-2-1-7-19-14/h1-7,9-10H/b4-3+. The summed E-state index contributed by atoms with van der Waals surface area (Å²) in [6.07, 6.45) is 9.01. The van der Waals surface area contributed by atoms with Crippen LogP contribution < -0.4 is 0 Å². The van der Waals surface area contributed by atoms with Crippen molar-refractivity contribution in [3.05, 3.63) is 58.2 Å². The van der Waals surface area contributed by atoms with E-state index in [0.717, 1.165) is 15.4 Å². The van der Waals surface area contributed by atoms with Gasteiger partial charge >= 0.3 is 0 Å². The van der Waals surface area contributed by atoms with Crippen molar-refractivity contribution in [2.45, 2.75) is 0 Å². The van der Waals surface area contributed by atoms with Crippen molar-refractivity contribution in [3.63, 3.8) is 0 Å². The summed E-state index contributed by atoms with van der Waals surface area (Å²) in [5.41, 5.74) is 1.44. The van der Waals surface area contributed by atoms with Gasteiger partial charge in [0.25, 0.3) is 0 Å². The maximum atomic E-state index is 9.01. The minimum absolute atomic E-state index is 0.576. The van der Waals surface area contributed by atoms with Crippen molar-refractivity contribution < 1.29 is 0 Å². The maximum absolute atomic E-state index is 9.01. The number of nitrogens with zero attached hydrogens (tertiary/aromatic N) is 3. The summed E-state index contributed by atoms with van der Waals surface area (Å²) in [6.45, 7) is 0. The Bertz CT molecular complexity index is 780. The molecule has 3 heterocycles. The summed E-state index contributed by atoms with van der Waals surface area (Å²) in [4.78, 5) is 10.6. The zero-order valence-electron chi connectivity index (χ0n) is 10.4. The summed E-state index contributed by atoms with van der Waals surface area (Å²) in [7, 11) is 0. The SMILES string of the molecule is N#Cc1cnccc1/C=C/c1cnc(-c2cccs2)s1. The molecule has 3 rings (SSSR count). The van der Waals surface area contributed by atoms with E-state index in [1.165, 1.54) is 4.88 Å². The summed E-state index contributed by atoms with van der Waals surface area (Å²) in [5, 5.41) is 12.1. The Balaban J connectivity index is 1.85. The lowest BCUT2D eigenvalue weighted by atomic mass is 10.1. The molecule has 96 valence electrons. The monoisotopic (exact) mass is 295 g/mol. The smallest absolute Gasteiger partial charge is 0.133 e. The third-order valence-electron chi connectivity index (χ3n) is 2.66. The molecule has 0 bridgehead atoms. The lowest BCUT2D eigenvalue weighted by Gasteiger charge is -1.94. The predicted octanol–water partition coefficient (Wildman–Crippen LogP) is 4.31. The van der Waals surface area contributed by atoms with E-state index in [-0.39, 0.29) is 0 Å². The molecule has 0 saturated carbocycles. The number of pyridine rings is 1. The molecule has 0 aromatic carbocycles. The molecule has 20 heavy (non-hydrogen) atoms. The Kier molecular flexibility index (Phi) is 3.68. The highest BCUT2D eigenvalue weighted by atomic mass is 32.1. The quantitative estimate of drug-likeness (QED) is 0.723. The van der Waals surface area contributed by atoms with Crippen LogP contribution in [0.3, 0.4) is 0 Å². The second-order valence-electron chi connectivity index (χ2n) is 3.95. The van der Waals surface area contributed by atoms with Crippen LogP contribution >= 0.6 is 22.7 Å². The van der Waals surface area contributed by atoms with Gasteiger partial charge in [0.1, 0.15) is 11.1 Å². The van der Waals surface area contributed by atoms with Crippen LogP contribution in [0.5, 0.6) is 0 Å². The van der Waals surface area contributed by atoms with Crippen molar-refractivity contribution in [2.75, 3.05) is 0 Å². The maximum Gasteiger partial charge on any atom is 0.133 e. The molecule has 0 N–H and O–H groups in total. The molecule has 0 saturated heterocycles. The summed E-state index contributed by atoms with van der Waals surface area (Å²) in [5.74, 6) is 0. The Hall–Kier alpha value is -2.29. The summed E-state index contributed by atoms with van der Waals surface area (Å²) in [6, 6.07) is 8.05. The summed E-state index contributed by atoms with van der Waals surface area (Å²) < 4.78 is 0. The first-order valence-corrected chi connectivity index (χ1v) is 7.58. The predicted molar refractivity (Wildman–Crippen MR) is 83.3 cm³/mol. The number of nitriles is 1. The van der Waals surface area contributed by atoms with Gasteiger partial charge in [-0.2, -0.15) is 5.26 Å². The highest BCUT2D eigenvalue weighted by molar-refractivity contribution is 7.21. The van der Waals surface area contributed by atoms with Crippen LogP contribution in [0.2, 0.25) is 0 Å². The lowest BCUT2D eigenvalue weighted by molar-refractivity contribution is 1.29. The molecular weight excluding hydrogens is 286 g/mol. The van der Waals surface area contributed by atoms with Crippen molar-refractivity contribution >= 4 is 34.8 Å². The van der Waals surface area contributed by atoms with Crippen LogP contribution in [-0.4, -0.2) is 9.97 Å². The average molecular weight is 295 g/mol. The van der Waals surface area contributed by atoms with Gasteiger partial charge in [-0.3, -0.25) is 4.98 Å². The molecule has 0 aliphatic rings. The van der Waals surface area contributed by atoms with Gasteiger partial charge in [-0.25, -0.2) is 4.98 Å². The second-order valence-corrected chi connectivity index (χ2v) is 5.96. The number of thiophene rings is 1. The fourth-order valence-electron chi connectivity index (χ4n) is 1.69. The lowest BCUT2D eigenvalue weighted by Crippen LogP contribution is -1.82. The molecule has 0 atom stereocenters. The number of thiazole rings is 1. The topological polar surface area (TPSA) is 49.6 Å². The molecular formula is C15H9N3S2. The first-order chi connectivity index (χ1) is 9.86. The van der Waals surface area contributed by atoms with Gasteiger partial charge in [-0.05, 0) is 29.2 Å². The molecule has 0 unspecified atom stereocenters. The normalized spacial score (nSPS) is 10.8. The Morgan fingerprint density at radius 1 is 1.20 bits per heavy atom. The number of hydrogen-bond donors (Lipinski definition) is 0. The van der Waals surface area contributed by atoms with Crippen LogP contribution in [0, 0.1) is 11.3 Å². The molecule has 3 nitrogen and oxygen atoms in total. The fourth-order valence-corrected chi connectivity index (χ4v) is 3.32. The van der Waals surface area contributed by atoms with Gasteiger partial charge in [-0.15, -0.1) is 22.7 Å². The first kappa shape index (κ1) is 12.7. The molecule has 3 aromatic heterocycles. The van der Waals surface area contributed by atoms with Crippen LogP contribution in [0.25, 0.3) is 22.0 Å². The molecule has 0 spiro atoms. The molecule has 3 aromatic rings. The molecule has 5 heteroatoms. The third-order valence-corrected chi connectivity index (χ3v) is 4.66. The summed E-state index contributed by atoms with van der Waals surface area (Å²) >= 11 is 3.32. The van der Waals surface area contributed by atoms with Crippen LogP contribution in [0.4, 0.5) is 0 Å². The minimum Gasteiger partial charge on any atom is -0.263 e. The van der Waals surface area contributed by atoms with Gasteiger partial charge in [0.15, 0.2) is 0 Å². The number of rotatable bonds is 3. The third kappa shape index (κ3) is 2.67. The van der Waals surface area contributed by atoms with E-state index >= 15 is 0 Å². The van der Waals surface area contributed by atoms with Crippen molar-refractivity contribution in [1.82, 2.24) is 9.97 Å². The number of hydrogen-bond acceptors (Lipinski definition) is 5. The van der Waals surface area contributed by atoms with E-state index in [2.05, 4.69) is 22.1 Å². The van der Waals surface area contributed by atoms with Crippen LogP contribution in [-0.2, 0) is 0 Å². The Morgan fingerprint density at radius 2 is 2.15 bits per heavy atom. The molecule has 0 amide bonds. The van der Waals surface area contributed by atoms with Gasteiger partial charge in [0.05, 0.1) is 10.4 Å². The largest absolute Gasteiger partial charge is 0.263 e. The molecule has 0 aliphatic carbocycles. The van der Waals surface area contributed by atoms with Crippen molar-refractivity contribution in [3.8, 4) is 16.0 Å². The van der Waals surface area contributed by atoms with Gasteiger partial charge in [-0.1, -0.05) is 12.1 Å². The minimum atomic E-state index is 0.576. The van der Waals surface area contributed by atoms with Gasteiger partial charge in [0, 0.05) is 23.5 Å².